The third-order valence-electron chi connectivity index (χ3n) is 1.82. The normalized spacial score (nSPS) is 10.7. The smallest absolute Gasteiger partial charge is 0.387 e. The molecule has 2 nitrogen and oxygen atoms in total. The molecule has 0 fully saturated rings. The molecule has 0 heterocycles. The molecule has 0 atom stereocenters. The van der Waals surface area contributed by atoms with Crippen LogP contribution in [-0.2, 0) is 6.54 Å². The Hall–Kier alpha value is -1.23. The van der Waals surface area contributed by atoms with Gasteiger partial charge in [-0.25, -0.2) is 4.39 Å². The largest absolute Gasteiger partial charge is 0.431 e. The molecule has 1 aromatic carbocycles. The molecular formula is C10H12F3NO. The first-order valence-corrected chi connectivity index (χ1v) is 4.58. The topological polar surface area (TPSA) is 21.3 Å². The lowest BCUT2D eigenvalue weighted by molar-refractivity contribution is -0.0528. The van der Waals surface area contributed by atoms with Crippen molar-refractivity contribution in [2.45, 2.75) is 20.1 Å². The summed E-state index contributed by atoms with van der Waals surface area (Å²) in [6, 6.07) is 4.09. The summed E-state index contributed by atoms with van der Waals surface area (Å²) in [5, 5.41) is 2.91. The van der Waals surface area contributed by atoms with Crippen molar-refractivity contribution < 1.29 is 17.9 Å². The molecule has 84 valence electrons. The van der Waals surface area contributed by atoms with Gasteiger partial charge < -0.3 is 10.1 Å². The Morgan fingerprint density at radius 2 is 2.13 bits per heavy atom. The molecule has 0 unspecified atom stereocenters. The summed E-state index contributed by atoms with van der Waals surface area (Å²) in [5.74, 6) is -1.15. The summed E-state index contributed by atoms with van der Waals surface area (Å²) >= 11 is 0. The third-order valence-corrected chi connectivity index (χ3v) is 1.82. The van der Waals surface area contributed by atoms with Gasteiger partial charge in [0.1, 0.15) is 0 Å². The minimum atomic E-state index is -3.01. The van der Waals surface area contributed by atoms with Gasteiger partial charge in [0, 0.05) is 12.1 Å². The van der Waals surface area contributed by atoms with Gasteiger partial charge in [-0.2, -0.15) is 8.78 Å². The zero-order valence-electron chi connectivity index (χ0n) is 8.27. The fourth-order valence-electron chi connectivity index (χ4n) is 1.17. The summed E-state index contributed by atoms with van der Waals surface area (Å²) in [6.07, 6.45) is 0. The molecule has 0 aliphatic heterocycles. The molecule has 0 aliphatic rings. The van der Waals surface area contributed by atoms with E-state index >= 15 is 0 Å². The first kappa shape index (κ1) is 11.8. The lowest BCUT2D eigenvalue weighted by Crippen LogP contribution is -2.14. The van der Waals surface area contributed by atoms with E-state index in [-0.39, 0.29) is 5.75 Å². The zero-order valence-corrected chi connectivity index (χ0v) is 8.27. The second-order valence-corrected chi connectivity index (χ2v) is 2.89. The highest BCUT2D eigenvalue weighted by molar-refractivity contribution is 5.34. The van der Waals surface area contributed by atoms with E-state index in [9.17, 15) is 13.2 Å². The summed E-state index contributed by atoms with van der Waals surface area (Å²) < 4.78 is 41.3. The highest BCUT2D eigenvalue weighted by Crippen LogP contribution is 2.24. The van der Waals surface area contributed by atoms with E-state index in [1.54, 1.807) is 6.07 Å². The number of halogens is 3. The predicted octanol–water partition coefficient (Wildman–Crippen LogP) is 2.54. The molecule has 0 amide bonds. The molecule has 1 N–H and O–H groups in total. The monoisotopic (exact) mass is 219 g/mol. The molecule has 0 saturated carbocycles. The summed E-state index contributed by atoms with van der Waals surface area (Å²) in [6.45, 7) is -0.171. The Bertz CT molecular complexity index is 318. The molecule has 1 rings (SSSR count). The van der Waals surface area contributed by atoms with Gasteiger partial charge in [0.2, 0.25) is 0 Å². The highest BCUT2D eigenvalue weighted by atomic mass is 19.3. The summed E-state index contributed by atoms with van der Waals surface area (Å²) in [4.78, 5) is 0. The van der Waals surface area contributed by atoms with E-state index in [1.807, 2.05) is 6.92 Å². The second-order valence-electron chi connectivity index (χ2n) is 2.89. The number of hydrogen-bond acceptors (Lipinski definition) is 2. The van der Waals surface area contributed by atoms with E-state index in [2.05, 4.69) is 10.1 Å². The lowest BCUT2D eigenvalue weighted by atomic mass is 10.2. The number of para-hydroxylation sites is 1. The minimum absolute atomic E-state index is 0.302. The molecule has 0 saturated heterocycles. The fraction of sp³-hybridized carbons (Fsp3) is 0.400. The van der Waals surface area contributed by atoms with Crippen molar-refractivity contribution in [2.75, 3.05) is 6.54 Å². The number of alkyl halides is 2. The molecule has 5 heteroatoms. The quantitative estimate of drug-likeness (QED) is 0.821. The molecule has 0 spiro atoms. The average molecular weight is 219 g/mol. The zero-order chi connectivity index (χ0) is 11.3. The van der Waals surface area contributed by atoms with Gasteiger partial charge in [0.05, 0.1) is 0 Å². The van der Waals surface area contributed by atoms with Crippen LogP contribution < -0.4 is 10.1 Å². The number of nitrogens with one attached hydrogen (secondary N) is 1. The fourth-order valence-corrected chi connectivity index (χ4v) is 1.17. The van der Waals surface area contributed by atoms with E-state index in [0.29, 0.717) is 18.7 Å². The number of ether oxygens (including phenoxy) is 1. The third kappa shape index (κ3) is 3.43. The van der Waals surface area contributed by atoms with Crippen LogP contribution in [0.4, 0.5) is 13.2 Å². The van der Waals surface area contributed by atoms with Crippen molar-refractivity contribution in [3.05, 3.63) is 29.6 Å². The maximum absolute atomic E-state index is 13.2. The van der Waals surface area contributed by atoms with E-state index in [1.165, 1.54) is 6.07 Å². The Morgan fingerprint density at radius 3 is 2.73 bits per heavy atom. The van der Waals surface area contributed by atoms with Gasteiger partial charge >= 0.3 is 6.61 Å². The molecule has 15 heavy (non-hydrogen) atoms. The maximum atomic E-state index is 13.2. The molecule has 0 radical (unpaired) electrons. The van der Waals surface area contributed by atoms with Crippen molar-refractivity contribution in [3.8, 4) is 5.75 Å². The number of benzene rings is 1. The Kier molecular flexibility index (Phi) is 4.42. The van der Waals surface area contributed by atoms with Gasteiger partial charge in [-0.3, -0.25) is 0 Å². The van der Waals surface area contributed by atoms with Gasteiger partial charge in [0.25, 0.3) is 0 Å². The Balaban J connectivity index is 2.87. The van der Waals surface area contributed by atoms with Gasteiger partial charge in [0.15, 0.2) is 11.6 Å². The first-order chi connectivity index (χ1) is 7.15. The van der Waals surface area contributed by atoms with Gasteiger partial charge in [-0.1, -0.05) is 19.1 Å². The Morgan fingerprint density at radius 1 is 1.40 bits per heavy atom. The molecular weight excluding hydrogens is 207 g/mol. The first-order valence-electron chi connectivity index (χ1n) is 4.58. The van der Waals surface area contributed by atoms with Gasteiger partial charge in [-0.05, 0) is 12.6 Å². The van der Waals surface area contributed by atoms with Crippen molar-refractivity contribution in [1.29, 1.82) is 0 Å². The van der Waals surface area contributed by atoms with Crippen molar-refractivity contribution in [3.63, 3.8) is 0 Å². The standard InChI is InChI=1S/C10H12F3NO/c1-2-14-6-7-4-3-5-8(11)9(7)15-10(12)13/h3-5,10,14H,2,6H2,1H3. The van der Waals surface area contributed by atoms with Crippen LogP contribution in [-0.4, -0.2) is 13.2 Å². The lowest BCUT2D eigenvalue weighted by Gasteiger charge is -2.11. The number of hydrogen-bond donors (Lipinski definition) is 1. The molecule has 0 aliphatic carbocycles. The number of rotatable bonds is 5. The minimum Gasteiger partial charge on any atom is -0.431 e. The van der Waals surface area contributed by atoms with Crippen LogP contribution in [0.2, 0.25) is 0 Å². The molecule has 0 bridgehead atoms. The van der Waals surface area contributed by atoms with Gasteiger partial charge in [-0.15, -0.1) is 0 Å². The highest BCUT2D eigenvalue weighted by Gasteiger charge is 2.13. The second kappa shape index (κ2) is 5.60. The van der Waals surface area contributed by atoms with Crippen LogP contribution in [0.3, 0.4) is 0 Å². The van der Waals surface area contributed by atoms with Crippen molar-refractivity contribution in [1.82, 2.24) is 5.32 Å². The van der Waals surface area contributed by atoms with Crippen LogP contribution in [0.5, 0.6) is 5.75 Å². The van der Waals surface area contributed by atoms with Crippen LogP contribution in [0.15, 0.2) is 18.2 Å². The summed E-state index contributed by atoms with van der Waals surface area (Å²) in [5.41, 5.74) is 0.386. The maximum Gasteiger partial charge on any atom is 0.387 e. The SMILES string of the molecule is CCNCc1cccc(F)c1OC(F)F. The van der Waals surface area contributed by atoms with Crippen LogP contribution in [0.1, 0.15) is 12.5 Å². The molecule has 0 aromatic heterocycles. The van der Waals surface area contributed by atoms with E-state index in [0.717, 1.165) is 6.07 Å². The van der Waals surface area contributed by atoms with Crippen LogP contribution >= 0.6 is 0 Å². The van der Waals surface area contributed by atoms with E-state index in [4.69, 9.17) is 0 Å². The van der Waals surface area contributed by atoms with Crippen molar-refractivity contribution >= 4 is 0 Å². The van der Waals surface area contributed by atoms with E-state index < -0.39 is 12.4 Å². The average Bonchev–Trinajstić information content (AvgIpc) is 2.18. The predicted molar refractivity (Wildman–Crippen MR) is 50.4 cm³/mol. The summed E-state index contributed by atoms with van der Waals surface area (Å²) in [7, 11) is 0. The van der Waals surface area contributed by atoms with Crippen LogP contribution in [0, 0.1) is 5.82 Å². The van der Waals surface area contributed by atoms with Crippen molar-refractivity contribution in [2.24, 2.45) is 0 Å². The Labute approximate surface area is 86.1 Å². The van der Waals surface area contributed by atoms with Crippen LogP contribution in [0.25, 0.3) is 0 Å². The molecule has 1 aromatic rings.